The molecule has 33 heavy (non-hydrogen) atoms. The number of pyridine rings is 1. The van der Waals surface area contributed by atoms with Gasteiger partial charge in [0.15, 0.2) is 10.8 Å². The second-order valence-electron chi connectivity index (χ2n) is 8.49. The number of hydrogen-bond donors (Lipinski definition) is 2. The third-order valence-corrected chi connectivity index (χ3v) is 6.94. The number of H-pyrrole nitrogens is 1. The van der Waals surface area contributed by atoms with Crippen molar-refractivity contribution in [2.75, 3.05) is 18.4 Å². The number of fused-ring (bicyclic) bond motifs is 1. The molecule has 3 aromatic rings. The Morgan fingerprint density at radius 3 is 2.79 bits per heavy atom. The van der Waals surface area contributed by atoms with E-state index < -0.39 is 11.2 Å². The second kappa shape index (κ2) is 8.54. The minimum atomic E-state index is -0.618. The van der Waals surface area contributed by atoms with Crippen molar-refractivity contribution in [1.29, 1.82) is 0 Å². The van der Waals surface area contributed by atoms with Crippen LogP contribution in [-0.4, -0.2) is 49.3 Å². The van der Waals surface area contributed by atoms with Crippen molar-refractivity contribution in [3.05, 3.63) is 49.7 Å². The van der Waals surface area contributed by atoms with Crippen molar-refractivity contribution in [3.63, 3.8) is 0 Å². The molecule has 2 N–H and O–H groups in total. The lowest BCUT2D eigenvalue weighted by Crippen LogP contribution is -2.44. The zero-order valence-corrected chi connectivity index (χ0v) is 19.0. The molecular weight excluding hydrogens is 444 g/mol. The Labute approximate surface area is 192 Å². The maximum absolute atomic E-state index is 13.6. The number of aryl methyl sites for hydroxylation is 1. The fourth-order valence-corrected chi connectivity index (χ4v) is 4.91. The predicted molar refractivity (Wildman–Crippen MR) is 124 cm³/mol. The summed E-state index contributed by atoms with van der Waals surface area (Å²) in [6.45, 7) is 2.86. The second-order valence-corrected chi connectivity index (χ2v) is 9.38. The van der Waals surface area contributed by atoms with Gasteiger partial charge in [-0.3, -0.25) is 23.9 Å². The average Bonchev–Trinajstić information content (AvgIpc) is 3.55. The van der Waals surface area contributed by atoms with Crippen LogP contribution >= 0.6 is 11.3 Å². The standard InChI is InChI=1S/C22H24N6O4S/c1-2-28-17-16(19(30)26-22(28)32)14(10-15(24-17)12-5-6-12)20(31)27-8-3-4-13(11-27)18(29)25-21-23-7-9-33-21/h7,9-10,12-13H,2-6,8,11H2,1H3,(H,23,25,29)(H,26,30,32). The van der Waals surface area contributed by atoms with Gasteiger partial charge in [0.2, 0.25) is 5.91 Å². The summed E-state index contributed by atoms with van der Waals surface area (Å²) in [4.78, 5) is 64.1. The third-order valence-electron chi connectivity index (χ3n) is 6.25. The number of anilines is 1. The largest absolute Gasteiger partial charge is 0.338 e. The summed E-state index contributed by atoms with van der Waals surface area (Å²) in [5.41, 5.74) is 0.0623. The molecule has 0 aromatic carbocycles. The number of rotatable bonds is 5. The van der Waals surface area contributed by atoms with Gasteiger partial charge < -0.3 is 10.2 Å². The van der Waals surface area contributed by atoms with Gasteiger partial charge in [0.1, 0.15) is 0 Å². The van der Waals surface area contributed by atoms with E-state index in [0.717, 1.165) is 18.5 Å². The van der Waals surface area contributed by atoms with Gasteiger partial charge in [-0.05, 0) is 38.7 Å². The molecule has 1 atom stereocenters. The van der Waals surface area contributed by atoms with Crippen molar-refractivity contribution >= 4 is 39.3 Å². The molecule has 1 saturated carbocycles. The minimum absolute atomic E-state index is 0.125. The lowest BCUT2D eigenvalue weighted by Gasteiger charge is -2.32. The highest BCUT2D eigenvalue weighted by molar-refractivity contribution is 7.13. The number of piperidine rings is 1. The summed E-state index contributed by atoms with van der Waals surface area (Å²) in [5.74, 6) is -0.616. The molecule has 0 bridgehead atoms. The average molecular weight is 469 g/mol. The molecule has 1 saturated heterocycles. The Balaban J connectivity index is 1.50. The van der Waals surface area contributed by atoms with Gasteiger partial charge in [-0.25, -0.2) is 14.8 Å². The Hall–Kier alpha value is -3.34. The van der Waals surface area contributed by atoms with Crippen LogP contribution in [0.5, 0.6) is 0 Å². The molecule has 1 aliphatic heterocycles. The Morgan fingerprint density at radius 2 is 2.09 bits per heavy atom. The van der Waals surface area contributed by atoms with Crippen LogP contribution < -0.4 is 16.6 Å². The van der Waals surface area contributed by atoms with E-state index in [1.807, 2.05) is 0 Å². The Bertz CT molecular complexity index is 1340. The van der Waals surface area contributed by atoms with E-state index in [0.29, 0.717) is 31.1 Å². The quantitative estimate of drug-likeness (QED) is 0.588. The number of thiazole rings is 1. The number of likely N-dealkylation sites (tertiary alicyclic amines) is 1. The van der Waals surface area contributed by atoms with Crippen molar-refractivity contribution < 1.29 is 9.59 Å². The molecule has 4 heterocycles. The van der Waals surface area contributed by atoms with Crippen LogP contribution in [0.25, 0.3) is 11.0 Å². The molecule has 10 nitrogen and oxygen atoms in total. The molecule has 172 valence electrons. The summed E-state index contributed by atoms with van der Waals surface area (Å²) in [5, 5.41) is 5.25. The molecule has 5 rings (SSSR count). The van der Waals surface area contributed by atoms with Crippen molar-refractivity contribution in [3.8, 4) is 0 Å². The number of amides is 2. The van der Waals surface area contributed by atoms with Gasteiger partial charge >= 0.3 is 5.69 Å². The molecule has 0 spiro atoms. The van der Waals surface area contributed by atoms with Crippen LogP contribution in [0.1, 0.15) is 54.6 Å². The zero-order chi connectivity index (χ0) is 23.1. The van der Waals surface area contributed by atoms with E-state index in [2.05, 4.69) is 20.3 Å². The highest BCUT2D eigenvalue weighted by atomic mass is 32.1. The summed E-state index contributed by atoms with van der Waals surface area (Å²) < 4.78 is 1.39. The number of aromatic nitrogens is 4. The number of aromatic amines is 1. The van der Waals surface area contributed by atoms with E-state index in [1.54, 1.807) is 29.5 Å². The molecule has 1 unspecified atom stereocenters. The van der Waals surface area contributed by atoms with Gasteiger partial charge in [-0.1, -0.05) is 0 Å². The van der Waals surface area contributed by atoms with Crippen molar-refractivity contribution in [2.24, 2.45) is 5.92 Å². The SMILES string of the molecule is CCn1c(=O)[nH]c(=O)c2c(C(=O)N3CCCC(C(=O)Nc4nccs4)C3)cc(C3CC3)nc21. The fraction of sp³-hybridized carbons (Fsp3) is 0.455. The van der Waals surface area contributed by atoms with E-state index >= 15 is 0 Å². The third kappa shape index (κ3) is 4.08. The van der Waals surface area contributed by atoms with E-state index in [4.69, 9.17) is 0 Å². The van der Waals surface area contributed by atoms with Crippen LogP contribution in [0.2, 0.25) is 0 Å². The first-order valence-electron chi connectivity index (χ1n) is 11.1. The van der Waals surface area contributed by atoms with E-state index in [1.165, 1.54) is 15.9 Å². The van der Waals surface area contributed by atoms with Crippen LogP contribution in [0, 0.1) is 5.92 Å². The maximum atomic E-state index is 13.6. The first-order chi connectivity index (χ1) is 16.0. The lowest BCUT2D eigenvalue weighted by atomic mass is 9.96. The number of carbonyl (C=O) groups excluding carboxylic acids is 2. The number of hydrogen-bond acceptors (Lipinski definition) is 7. The summed E-state index contributed by atoms with van der Waals surface area (Å²) in [6, 6.07) is 1.70. The van der Waals surface area contributed by atoms with Gasteiger partial charge in [0, 0.05) is 42.8 Å². The molecule has 1 aliphatic carbocycles. The fourth-order valence-electron chi connectivity index (χ4n) is 4.38. The van der Waals surface area contributed by atoms with E-state index in [-0.39, 0.29) is 46.8 Å². The van der Waals surface area contributed by atoms with Gasteiger partial charge in [-0.15, -0.1) is 11.3 Å². The minimum Gasteiger partial charge on any atom is -0.338 e. The van der Waals surface area contributed by atoms with E-state index in [9.17, 15) is 19.2 Å². The Morgan fingerprint density at radius 1 is 1.27 bits per heavy atom. The lowest BCUT2D eigenvalue weighted by molar-refractivity contribution is -0.121. The molecule has 0 radical (unpaired) electrons. The maximum Gasteiger partial charge on any atom is 0.329 e. The number of nitrogens with one attached hydrogen (secondary N) is 2. The molecule has 2 amide bonds. The molecule has 2 aliphatic rings. The van der Waals surface area contributed by atoms with Crippen molar-refractivity contribution in [1.82, 2.24) is 24.4 Å². The Kier molecular flexibility index (Phi) is 5.57. The molecule has 2 fully saturated rings. The molecule has 11 heteroatoms. The van der Waals surface area contributed by atoms with Crippen LogP contribution in [-0.2, 0) is 11.3 Å². The normalized spacial score (nSPS) is 18.5. The molecule has 3 aromatic heterocycles. The van der Waals surface area contributed by atoms with Crippen LogP contribution in [0.3, 0.4) is 0 Å². The van der Waals surface area contributed by atoms with Crippen LogP contribution in [0.15, 0.2) is 27.2 Å². The predicted octanol–water partition coefficient (Wildman–Crippen LogP) is 1.93. The summed E-state index contributed by atoms with van der Waals surface area (Å²) >= 11 is 1.34. The summed E-state index contributed by atoms with van der Waals surface area (Å²) in [6.07, 6.45) is 4.90. The first-order valence-corrected chi connectivity index (χ1v) is 12.0. The summed E-state index contributed by atoms with van der Waals surface area (Å²) in [7, 11) is 0. The topological polar surface area (TPSA) is 130 Å². The smallest absolute Gasteiger partial charge is 0.329 e. The van der Waals surface area contributed by atoms with Gasteiger partial charge in [-0.2, -0.15) is 0 Å². The number of nitrogens with zero attached hydrogens (tertiary/aromatic N) is 4. The van der Waals surface area contributed by atoms with Gasteiger partial charge in [0.25, 0.3) is 11.5 Å². The zero-order valence-electron chi connectivity index (χ0n) is 18.2. The van der Waals surface area contributed by atoms with Gasteiger partial charge in [0.05, 0.1) is 16.9 Å². The highest BCUT2D eigenvalue weighted by Crippen LogP contribution is 2.40. The van der Waals surface area contributed by atoms with Crippen molar-refractivity contribution in [2.45, 2.75) is 45.1 Å². The molecular formula is C22H24N6O4S. The van der Waals surface area contributed by atoms with Crippen LogP contribution in [0.4, 0.5) is 5.13 Å². The number of carbonyl (C=O) groups is 2. The highest BCUT2D eigenvalue weighted by Gasteiger charge is 2.33. The first kappa shape index (κ1) is 21.5. The monoisotopic (exact) mass is 468 g/mol.